The molecular weight excluding hydrogens is 252 g/mol. The Hall–Kier alpha value is -2.03. The van der Waals surface area contributed by atoms with Crippen molar-refractivity contribution in [2.45, 2.75) is 33.1 Å². The minimum absolute atomic E-state index is 0.232. The largest absolute Gasteiger partial charge is 0.489 e. The molecule has 0 bridgehead atoms. The fourth-order valence-electron chi connectivity index (χ4n) is 2.26. The molecule has 1 aromatic heterocycles. The Kier molecular flexibility index (Phi) is 4.61. The van der Waals surface area contributed by atoms with Crippen molar-refractivity contribution >= 4 is 11.0 Å². The van der Waals surface area contributed by atoms with Gasteiger partial charge >= 0.3 is 5.63 Å². The van der Waals surface area contributed by atoms with Gasteiger partial charge in [-0.25, -0.2) is 4.79 Å². The highest BCUT2D eigenvalue weighted by molar-refractivity contribution is 5.82. The number of unbranched alkanes of at least 4 members (excludes halogenated alkanes) is 1. The van der Waals surface area contributed by atoms with E-state index in [4.69, 9.17) is 9.15 Å². The van der Waals surface area contributed by atoms with Crippen LogP contribution in [-0.4, -0.2) is 6.61 Å². The smallest absolute Gasteiger partial charge is 0.339 e. The molecule has 1 heterocycles. The van der Waals surface area contributed by atoms with E-state index in [1.54, 1.807) is 12.1 Å². The van der Waals surface area contributed by atoms with Crippen LogP contribution in [0.25, 0.3) is 11.0 Å². The lowest BCUT2D eigenvalue weighted by Gasteiger charge is -2.09. The number of fused-ring (bicyclic) bond motifs is 1. The summed E-state index contributed by atoms with van der Waals surface area (Å²) in [6.07, 6.45) is 4.51. The summed E-state index contributed by atoms with van der Waals surface area (Å²) >= 11 is 0. The summed E-state index contributed by atoms with van der Waals surface area (Å²) in [6.45, 7) is 8.13. The summed E-state index contributed by atoms with van der Waals surface area (Å²) < 4.78 is 10.9. The molecule has 1 aromatic carbocycles. The van der Waals surface area contributed by atoms with Crippen LogP contribution in [0.3, 0.4) is 0 Å². The predicted octanol–water partition coefficient (Wildman–Crippen LogP) is 4.01. The van der Waals surface area contributed by atoms with Crippen LogP contribution in [0.4, 0.5) is 0 Å². The van der Waals surface area contributed by atoms with Crippen molar-refractivity contribution in [1.82, 2.24) is 0 Å². The van der Waals surface area contributed by atoms with E-state index in [9.17, 15) is 4.79 Å². The number of hydrogen-bond donors (Lipinski definition) is 0. The van der Waals surface area contributed by atoms with Crippen LogP contribution >= 0.6 is 0 Å². The van der Waals surface area contributed by atoms with Gasteiger partial charge in [-0.2, -0.15) is 0 Å². The molecule has 0 N–H and O–H groups in total. The Labute approximate surface area is 118 Å². The molecule has 0 aliphatic heterocycles. The Bertz CT molecular complexity index is 668. The van der Waals surface area contributed by atoms with Gasteiger partial charge in [-0.1, -0.05) is 26.0 Å². The molecule has 2 rings (SSSR count). The molecule has 0 radical (unpaired) electrons. The first-order valence-corrected chi connectivity index (χ1v) is 6.97. The minimum Gasteiger partial charge on any atom is -0.489 e. The van der Waals surface area contributed by atoms with Crippen molar-refractivity contribution in [2.75, 3.05) is 6.61 Å². The number of rotatable bonds is 6. The molecule has 0 saturated carbocycles. The molecular formula is C17H20O3. The Balaban J connectivity index is 2.46. The lowest BCUT2D eigenvalue weighted by molar-refractivity contribution is 0.363. The van der Waals surface area contributed by atoms with Crippen molar-refractivity contribution < 1.29 is 9.15 Å². The average Bonchev–Trinajstić information content (AvgIpc) is 2.44. The number of aryl methyl sites for hydroxylation is 1. The van der Waals surface area contributed by atoms with Crippen LogP contribution in [-0.2, 0) is 6.42 Å². The summed E-state index contributed by atoms with van der Waals surface area (Å²) in [7, 11) is 0. The fraction of sp³-hybridized carbons (Fsp3) is 0.353. The SMILES string of the molecule is C=CCOc1ccc2c(C)c(CCCC)c(=O)oc2c1. The quantitative estimate of drug-likeness (QED) is 0.589. The summed E-state index contributed by atoms with van der Waals surface area (Å²) in [4.78, 5) is 12.1. The summed E-state index contributed by atoms with van der Waals surface area (Å²) in [6, 6.07) is 5.60. The highest BCUT2D eigenvalue weighted by Crippen LogP contribution is 2.24. The third-order valence-corrected chi connectivity index (χ3v) is 3.41. The van der Waals surface area contributed by atoms with Crippen LogP contribution in [0.5, 0.6) is 5.75 Å². The molecule has 3 nitrogen and oxygen atoms in total. The zero-order chi connectivity index (χ0) is 14.5. The molecule has 2 aromatic rings. The highest BCUT2D eigenvalue weighted by Gasteiger charge is 2.11. The van der Waals surface area contributed by atoms with E-state index in [-0.39, 0.29) is 5.63 Å². The molecule has 0 fully saturated rings. The Morgan fingerprint density at radius 1 is 1.40 bits per heavy atom. The lowest BCUT2D eigenvalue weighted by atomic mass is 10.0. The Morgan fingerprint density at radius 3 is 2.90 bits per heavy atom. The first-order valence-electron chi connectivity index (χ1n) is 6.97. The van der Waals surface area contributed by atoms with Gasteiger partial charge < -0.3 is 9.15 Å². The van der Waals surface area contributed by atoms with Crippen LogP contribution < -0.4 is 10.4 Å². The second-order valence-corrected chi connectivity index (χ2v) is 4.85. The number of benzene rings is 1. The van der Waals surface area contributed by atoms with Gasteiger partial charge in [-0.15, -0.1) is 0 Å². The molecule has 0 saturated heterocycles. The number of hydrogen-bond acceptors (Lipinski definition) is 3. The van der Waals surface area contributed by atoms with Gasteiger partial charge in [-0.3, -0.25) is 0 Å². The zero-order valence-electron chi connectivity index (χ0n) is 12.1. The minimum atomic E-state index is -0.232. The van der Waals surface area contributed by atoms with E-state index in [0.29, 0.717) is 17.9 Å². The molecule has 106 valence electrons. The summed E-state index contributed by atoms with van der Waals surface area (Å²) in [5.41, 5.74) is 2.15. The standard InChI is InChI=1S/C17H20O3/c1-4-6-7-15-12(3)14-9-8-13(19-10-5-2)11-16(14)20-17(15)18/h5,8-9,11H,2,4,6-7,10H2,1,3H3. The van der Waals surface area contributed by atoms with Crippen LogP contribution in [0.1, 0.15) is 30.9 Å². The molecule has 0 atom stereocenters. The van der Waals surface area contributed by atoms with Crippen LogP contribution in [0, 0.1) is 6.92 Å². The van der Waals surface area contributed by atoms with Gasteiger partial charge in [0, 0.05) is 17.0 Å². The fourth-order valence-corrected chi connectivity index (χ4v) is 2.26. The molecule has 20 heavy (non-hydrogen) atoms. The first-order chi connectivity index (χ1) is 9.67. The average molecular weight is 272 g/mol. The van der Waals surface area contributed by atoms with E-state index in [2.05, 4.69) is 13.5 Å². The van der Waals surface area contributed by atoms with Gasteiger partial charge in [0.15, 0.2) is 0 Å². The maximum absolute atomic E-state index is 12.1. The van der Waals surface area contributed by atoms with E-state index < -0.39 is 0 Å². The molecule has 0 spiro atoms. The van der Waals surface area contributed by atoms with Crippen LogP contribution in [0.15, 0.2) is 40.1 Å². The lowest BCUT2D eigenvalue weighted by Crippen LogP contribution is -2.10. The van der Waals surface area contributed by atoms with E-state index in [0.717, 1.165) is 35.8 Å². The van der Waals surface area contributed by atoms with Gasteiger partial charge in [0.05, 0.1) is 0 Å². The van der Waals surface area contributed by atoms with Gasteiger partial charge in [0.2, 0.25) is 0 Å². The summed E-state index contributed by atoms with van der Waals surface area (Å²) in [5, 5.41) is 0.974. The second-order valence-electron chi connectivity index (χ2n) is 4.85. The first kappa shape index (κ1) is 14.4. The van der Waals surface area contributed by atoms with Crippen molar-refractivity contribution in [3.8, 4) is 5.75 Å². The summed E-state index contributed by atoms with van der Waals surface area (Å²) in [5.74, 6) is 0.682. The van der Waals surface area contributed by atoms with Crippen molar-refractivity contribution in [2.24, 2.45) is 0 Å². The topological polar surface area (TPSA) is 39.4 Å². The Morgan fingerprint density at radius 2 is 2.20 bits per heavy atom. The molecule has 0 unspecified atom stereocenters. The maximum Gasteiger partial charge on any atom is 0.339 e. The van der Waals surface area contributed by atoms with Crippen molar-refractivity contribution in [3.05, 3.63) is 52.4 Å². The predicted molar refractivity (Wildman–Crippen MR) is 81.5 cm³/mol. The molecule has 0 amide bonds. The van der Waals surface area contributed by atoms with Crippen molar-refractivity contribution in [1.29, 1.82) is 0 Å². The van der Waals surface area contributed by atoms with Gasteiger partial charge in [-0.05, 0) is 37.5 Å². The molecule has 0 aliphatic rings. The highest BCUT2D eigenvalue weighted by atomic mass is 16.5. The van der Waals surface area contributed by atoms with E-state index in [1.165, 1.54) is 0 Å². The van der Waals surface area contributed by atoms with E-state index >= 15 is 0 Å². The number of ether oxygens (including phenoxy) is 1. The third-order valence-electron chi connectivity index (χ3n) is 3.41. The normalized spacial score (nSPS) is 10.7. The second kappa shape index (κ2) is 6.42. The van der Waals surface area contributed by atoms with Crippen molar-refractivity contribution in [3.63, 3.8) is 0 Å². The third kappa shape index (κ3) is 2.93. The zero-order valence-corrected chi connectivity index (χ0v) is 12.1. The maximum atomic E-state index is 12.1. The van der Waals surface area contributed by atoms with Gasteiger partial charge in [0.1, 0.15) is 17.9 Å². The van der Waals surface area contributed by atoms with Crippen LogP contribution in [0.2, 0.25) is 0 Å². The monoisotopic (exact) mass is 272 g/mol. The molecule has 0 aliphatic carbocycles. The van der Waals surface area contributed by atoms with Gasteiger partial charge in [0.25, 0.3) is 0 Å². The molecule has 3 heteroatoms. The van der Waals surface area contributed by atoms with E-state index in [1.807, 2.05) is 19.1 Å².